The van der Waals surface area contributed by atoms with Crippen molar-refractivity contribution >= 4 is 5.78 Å². The van der Waals surface area contributed by atoms with Crippen LogP contribution in [-0.2, 0) is 6.42 Å². The summed E-state index contributed by atoms with van der Waals surface area (Å²) in [6.45, 7) is 11.2. The lowest BCUT2D eigenvalue weighted by Gasteiger charge is -2.59. The summed E-state index contributed by atoms with van der Waals surface area (Å²) < 4.78 is 5.46. The Morgan fingerprint density at radius 2 is 1.96 bits per heavy atom. The minimum absolute atomic E-state index is 0.0545. The first-order valence-electron chi connectivity index (χ1n) is 10.8. The molecule has 2 fully saturated rings. The van der Waals surface area contributed by atoms with E-state index < -0.39 is 0 Å². The second-order valence-electron chi connectivity index (χ2n) is 10.00. The molecule has 0 saturated heterocycles. The molecule has 2 aliphatic rings. The highest BCUT2D eigenvalue weighted by Crippen LogP contribution is 2.62. The van der Waals surface area contributed by atoms with Gasteiger partial charge in [-0.15, -0.1) is 0 Å². The van der Waals surface area contributed by atoms with Crippen molar-refractivity contribution in [3.63, 3.8) is 0 Å². The molecule has 0 spiro atoms. The van der Waals surface area contributed by atoms with Gasteiger partial charge in [0.2, 0.25) is 0 Å². The van der Waals surface area contributed by atoms with Gasteiger partial charge >= 0.3 is 0 Å². The number of benzene rings is 1. The largest absolute Gasteiger partial charge is 0.497 e. The third-order valence-electron chi connectivity index (χ3n) is 7.98. The summed E-state index contributed by atoms with van der Waals surface area (Å²) in [6.07, 6.45) is 5.20. The highest BCUT2D eigenvalue weighted by atomic mass is 16.5. The lowest BCUT2D eigenvalue weighted by molar-refractivity contribution is -0.0922. The van der Waals surface area contributed by atoms with E-state index in [1.165, 1.54) is 6.42 Å². The molecule has 152 valence electrons. The summed E-state index contributed by atoms with van der Waals surface area (Å²) in [5.74, 6) is 1.25. The van der Waals surface area contributed by atoms with E-state index in [-0.39, 0.29) is 34.4 Å². The minimum Gasteiger partial charge on any atom is -0.497 e. The van der Waals surface area contributed by atoms with Crippen LogP contribution in [0.5, 0.6) is 5.75 Å². The fourth-order valence-corrected chi connectivity index (χ4v) is 6.44. The van der Waals surface area contributed by atoms with Crippen molar-refractivity contribution < 1.29 is 9.53 Å². The number of nitriles is 1. The van der Waals surface area contributed by atoms with E-state index in [1.54, 1.807) is 7.11 Å². The van der Waals surface area contributed by atoms with E-state index in [9.17, 15) is 10.1 Å². The summed E-state index contributed by atoms with van der Waals surface area (Å²) in [7, 11) is 1.65. The van der Waals surface area contributed by atoms with E-state index in [0.717, 1.165) is 42.6 Å². The first-order chi connectivity index (χ1) is 13.2. The van der Waals surface area contributed by atoms with Crippen molar-refractivity contribution in [1.29, 1.82) is 5.26 Å². The Kier molecular flexibility index (Phi) is 5.63. The molecule has 0 amide bonds. The van der Waals surface area contributed by atoms with Gasteiger partial charge in [0.1, 0.15) is 5.75 Å². The normalized spacial score (nSPS) is 34.2. The van der Waals surface area contributed by atoms with E-state index in [4.69, 9.17) is 4.74 Å². The number of hydrogen-bond acceptors (Lipinski definition) is 3. The highest BCUT2D eigenvalue weighted by Gasteiger charge is 2.58. The topological polar surface area (TPSA) is 50.1 Å². The molecule has 0 aromatic heterocycles. The van der Waals surface area contributed by atoms with E-state index in [0.29, 0.717) is 5.92 Å². The first-order valence-corrected chi connectivity index (χ1v) is 10.8. The fraction of sp³-hybridized carbons (Fsp3) is 0.680. The Morgan fingerprint density at radius 1 is 1.25 bits per heavy atom. The number of ketones is 1. The molecule has 1 aromatic rings. The van der Waals surface area contributed by atoms with Crippen LogP contribution >= 0.6 is 0 Å². The van der Waals surface area contributed by atoms with Gasteiger partial charge in [0.25, 0.3) is 0 Å². The van der Waals surface area contributed by atoms with Crippen molar-refractivity contribution in [3.8, 4) is 11.8 Å². The monoisotopic (exact) mass is 381 g/mol. The van der Waals surface area contributed by atoms with Gasteiger partial charge in [-0.25, -0.2) is 0 Å². The molecular formula is C25H35NO2. The summed E-state index contributed by atoms with van der Waals surface area (Å²) in [5.41, 5.74) is 1.98. The van der Waals surface area contributed by atoms with E-state index >= 15 is 0 Å². The van der Waals surface area contributed by atoms with Gasteiger partial charge in [-0.1, -0.05) is 41.0 Å². The zero-order valence-electron chi connectivity index (χ0n) is 18.3. The van der Waals surface area contributed by atoms with Gasteiger partial charge in [-0.3, -0.25) is 4.79 Å². The molecule has 0 N–H and O–H groups in total. The zero-order chi connectivity index (χ0) is 20.7. The Balaban J connectivity index is 2.09. The molecule has 3 nitrogen and oxygen atoms in total. The summed E-state index contributed by atoms with van der Waals surface area (Å²) in [4.78, 5) is 13.9. The van der Waals surface area contributed by atoms with E-state index in [1.807, 2.05) is 18.2 Å². The predicted molar refractivity (Wildman–Crippen MR) is 112 cm³/mol. The van der Waals surface area contributed by atoms with Crippen LogP contribution in [0, 0.1) is 45.8 Å². The molecule has 2 aliphatic carbocycles. The Morgan fingerprint density at radius 3 is 2.57 bits per heavy atom. The molecule has 0 radical (unpaired) electrons. The summed E-state index contributed by atoms with van der Waals surface area (Å²) in [6, 6.07) is 8.47. The number of fused-ring (bicyclic) bond motifs is 1. The number of rotatable bonds is 4. The maximum absolute atomic E-state index is 13.9. The quantitative estimate of drug-likeness (QED) is 0.595. The second-order valence-corrected chi connectivity index (χ2v) is 10.00. The third-order valence-corrected chi connectivity index (χ3v) is 7.98. The van der Waals surface area contributed by atoms with Crippen molar-refractivity contribution in [2.75, 3.05) is 7.11 Å². The molecular weight excluding hydrogens is 346 g/mol. The molecule has 2 unspecified atom stereocenters. The van der Waals surface area contributed by atoms with Crippen LogP contribution < -0.4 is 4.74 Å². The van der Waals surface area contributed by atoms with Gasteiger partial charge < -0.3 is 4.74 Å². The van der Waals surface area contributed by atoms with Gasteiger partial charge in [-0.2, -0.15) is 5.26 Å². The number of carbonyl (C=O) groups is 1. The van der Waals surface area contributed by atoms with Crippen LogP contribution in [-0.4, -0.2) is 12.9 Å². The number of nitrogens with zero attached hydrogens (tertiary/aromatic N) is 1. The van der Waals surface area contributed by atoms with Gasteiger partial charge in [0.05, 0.1) is 13.2 Å². The van der Waals surface area contributed by atoms with Gasteiger partial charge in [-0.05, 0) is 72.1 Å². The third kappa shape index (κ3) is 3.36. The number of Topliss-reactive ketones (excluding diaryl/α,β-unsaturated/α-hetero) is 1. The number of ether oxygens (including phenoxy) is 1. The smallest absolute Gasteiger partial charge is 0.166 e. The van der Waals surface area contributed by atoms with Crippen molar-refractivity contribution in [3.05, 3.63) is 29.3 Å². The number of carbonyl (C=O) groups excluding carboxylic acids is 1. The fourth-order valence-electron chi connectivity index (χ4n) is 6.44. The molecule has 28 heavy (non-hydrogen) atoms. The Labute approximate surface area is 170 Å². The highest BCUT2D eigenvalue weighted by molar-refractivity contribution is 5.99. The lowest BCUT2D eigenvalue weighted by atomic mass is 9.44. The van der Waals surface area contributed by atoms with Crippen LogP contribution in [0.4, 0.5) is 0 Å². The average Bonchev–Trinajstić information content (AvgIpc) is 2.66. The van der Waals surface area contributed by atoms with E-state index in [2.05, 4.69) is 40.7 Å². The van der Waals surface area contributed by atoms with Gasteiger partial charge in [0, 0.05) is 17.4 Å². The summed E-state index contributed by atoms with van der Waals surface area (Å²) in [5, 5.41) is 9.86. The first kappa shape index (κ1) is 20.9. The number of hydrogen-bond donors (Lipinski definition) is 0. The molecule has 5 atom stereocenters. The van der Waals surface area contributed by atoms with Crippen molar-refractivity contribution in [2.45, 2.75) is 66.7 Å². The maximum atomic E-state index is 13.9. The number of methoxy groups -OCH3 is 1. The SMILES string of the molecule is CCc1cc(OC)cc(C(=O)[C@H]2C(C)C(C#N)C[C@H]3C(C)(C)CCC[C@]23C)c1. The summed E-state index contributed by atoms with van der Waals surface area (Å²) >= 11 is 0. The molecule has 0 aliphatic heterocycles. The molecule has 3 heteroatoms. The van der Waals surface area contributed by atoms with Crippen molar-refractivity contribution in [2.24, 2.45) is 34.5 Å². The Bertz CT molecular complexity index is 768. The predicted octanol–water partition coefficient (Wildman–Crippen LogP) is 6.07. The van der Waals surface area contributed by atoms with Gasteiger partial charge in [0.15, 0.2) is 5.78 Å². The van der Waals surface area contributed by atoms with Crippen LogP contribution in [0.3, 0.4) is 0 Å². The molecule has 3 rings (SSSR count). The molecule has 0 heterocycles. The second kappa shape index (κ2) is 7.54. The maximum Gasteiger partial charge on any atom is 0.166 e. The van der Waals surface area contributed by atoms with Crippen LogP contribution in [0.25, 0.3) is 0 Å². The molecule has 2 saturated carbocycles. The van der Waals surface area contributed by atoms with Crippen LogP contribution in [0.15, 0.2) is 18.2 Å². The van der Waals surface area contributed by atoms with Crippen LogP contribution in [0.1, 0.15) is 76.2 Å². The Hall–Kier alpha value is -1.82. The standard InChI is InChI=1S/C25H35NO2/c1-7-17-11-18(13-20(12-17)28-6)23(27)22-16(2)19(15-26)14-21-24(3,4)9-8-10-25(21,22)5/h11-13,16,19,21-22H,7-10,14H2,1-6H3/t16?,19?,21-,22+,25-/m0/s1. The number of aryl methyl sites for hydroxylation is 1. The van der Waals surface area contributed by atoms with Crippen molar-refractivity contribution in [1.82, 2.24) is 0 Å². The average molecular weight is 382 g/mol. The molecule has 1 aromatic carbocycles. The minimum atomic E-state index is -0.118. The zero-order valence-corrected chi connectivity index (χ0v) is 18.3. The lowest BCUT2D eigenvalue weighted by Crippen LogP contribution is -2.55. The van der Waals surface area contributed by atoms with Crippen LogP contribution in [0.2, 0.25) is 0 Å². The molecule has 0 bridgehead atoms.